The molecule has 0 radical (unpaired) electrons. The summed E-state index contributed by atoms with van der Waals surface area (Å²) < 4.78 is 0. The minimum absolute atomic E-state index is 0.0125. The van der Waals surface area contributed by atoms with Crippen LogP contribution < -0.4 is 17.2 Å². The predicted molar refractivity (Wildman–Crippen MR) is 38.7 cm³/mol. The largest absolute Gasteiger partial charge is 0.368 e. The van der Waals surface area contributed by atoms with Gasteiger partial charge in [0.05, 0.1) is 0 Å². The van der Waals surface area contributed by atoms with E-state index in [0.29, 0.717) is 0 Å². The Hall–Kier alpha value is -1.81. The van der Waals surface area contributed by atoms with E-state index in [0.717, 1.165) is 4.90 Å². The highest BCUT2D eigenvalue weighted by atomic mass is 15.4. The van der Waals surface area contributed by atoms with Gasteiger partial charge in [0.2, 0.25) is 11.9 Å². The standard InChI is InChI=1S/C4H7N7/c5-1-11-3(7)9-2(6)10-4(11)8/h3H,7H2,(H4,6,8,9,10). The number of guanidine groups is 2. The van der Waals surface area contributed by atoms with Crippen molar-refractivity contribution < 1.29 is 0 Å². The first-order valence-corrected chi connectivity index (χ1v) is 2.77. The lowest BCUT2D eigenvalue weighted by molar-refractivity contribution is 0.427. The van der Waals surface area contributed by atoms with E-state index in [1.807, 2.05) is 0 Å². The normalized spacial score (nSPS) is 23.6. The first-order valence-electron chi connectivity index (χ1n) is 2.77. The maximum absolute atomic E-state index is 8.44. The summed E-state index contributed by atoms with van der Waals surface area (Å²) in [7, 11) is 0. The highest BCUT2D eigenvalue weighted by Crippen LogP contribution is 1.98. The third-order valence-corrected chi connectivity index (χ3v) is 1.11. The summed E-state index contributed by atoms with van der Waals surface area (Å²) in [4.78, 5) is 8.08. The van der Waals surface area contributed by atoms with Crippen LogP contribution in [0.4, 0.5) is 0 Å². The van der Waals surface area contributed by atoms with Crippen LogP contribution in [0, 0.1) is 11.5 Å². The van der Waals surface area contributed by atoms with Crippen molar-refractivity contribution in [2.45, 2.75) is 6.29 Å². The Bertz CT molecular complexity index is 258. The van der Waals surface area contributed by atoms with E-state index in [-0.39, 0.29) is 11.9 Å². The molecule has 58 valence electrons. The Labute approximate surface area is 62.8 Å². The molecule has 0 saturated carbocycles. The van der Waals surface area contributed by atoms with Gasteiger partial charge in [0.1, 0.15) is 0 Å². The number of hydrogen-bond donors (Lipinski definition) is 3. The highest BCUT2D eigenvalue weighted by Gasteiger charge is 2.19. The molecule has 11 heavy (non-hydrogen) atoms. The molecule has 1 rings (SSSR count). The Kier molecular flexibility index (Phi) is 1.61. The molecule has 0 bridgehead atoms. The molecule has 0 fully saturated rings. The van der Waals surface area contributed by atoms with E-state index in [1.165, 1.54) is 0 Å². The first kappa shape index (κ1) is 7.30. The van der Waals surface area contributed by atoms with Gasteiger partial charge in [0.25, 0.3) is 0 Å². The van der Waals surface area contributed by atoms with E-state index in [2.05, 4.69) is 9.98 Å². The molecule has 7 nitrogen and oxygen atoms in total. The quantitative estimate of drug-likeness (QED) is 0.335. The van der Waals surface area contributed by atoms with E-state index in [9.17, 15) is 0 Å². The molecule has 0 aromatic rings. The van der Waals surface area contributed by atoms with Crippen LogP contribution in [0.2, 0.25) is 0 Å². The summed E-state index contributed by atoms with van der Waals surface area (Å²) in [6.07, 6.45) is 0.864. The molecular formula is C4H7N7. The monoisotopic (exact) mass is 153 g/mol. The van der Waals surface area contributed by atoms with Crippen molar-refractivity contribution in [3.05, 3.63) is 0 Å². The Morgan fingerprint density at radius 2 is 2.18 bits per heavy atom. The molecule has 1 atom stereocenters. The van der Waals surface area contributed by atoms with Crippen LogP contribution in [0.1, 0.15) is 0 Å². The van der Waals surface area contributed by atoms with E-state index < -0.39 is 6.29 Å². The molecular weight excluding hydrogens is 146 g/mol. The smallest absolute Gasteiger partial charge is 0.221 e. The number of nitriles is 1. The second-order valence-electron chi connectivity index (χ2n) is 1.84. The third-order valence-electron chi connectivity index (χ3n) is 1.11. The fourth-order valence-electron chi connectivity index (χ4n) is 0.639. The van der Waals surface area contributed by atoms with Gasteiger partial charge in [-0.2, -0.15) is 10.3 Å². The molecule has 6 N–H and O–H groups in total. The summed E-state index contributed by atoms with van der Waals surface area (Å²) in [6.45, 7) is 0. The molecule has 1 aliphatic heterocycles. The lowest BCUT2D eigenvalue weighted by atomic mass is 10.6. The van der Waals surface area contributed by atoms with Gasteiger partial charge < -0.3 is 11.5 Å². The van der Waals surface area contributed by atoms with Gasteiger partial charge in [0, 0.05) is 0 Å². The number of aliphatic imine (C=N–C) groups is 2. The van der Waals surface area contributed by atoms with Crippen LogP contribution in [0.3, 0.4) is 0 Å². The molecule has 0 spiro atoms. The minimum Gasteiger partial charge on any atom is -0.368 e. The topological polar surface area (TPSA) is 130 Å². The number of rotatable bonds is 0. The summed E-state index contributed by atoms with van der Waals surface area (Å²) in [5.41, 5.74) is 15.8. The second-order valence-corrected chi connectivity index (χ2v) is 1.84. The molecule has 1 heterocycles. The van der Waals surface area contributed by atoms with Gasteiger partial charge in [0.15, 0.2) is 12.5 Å². The zero-order chi connectivity index (χ0) is 8.43. The number of hydrogen-bond acceptors (Lipinski definition) is 7. The summed E-state index contributed by atoms with van der Waals surface area (Å²) in [6, 6.07) is 0. The molecule has 1 unspecified atom stereocenters. The maximum atomic E-state index is 8.44. The third kappa shape index (κ3) is 1.20. The SMILES string of the molecule is N#CN1C(N)=NC(N)=NC1N. The average molecular weight is 153 g/mol. The van der Waals surface area contributed by atoms with Gasteiger partial charge in [-0.05, 0) is 0 Å². The molecule has 0 saturated heterocycles. The minimum atomic E-state index is -0.850. The maximum Gasteiger partial charge on any atom is 0.221 e. The van der Waals surface area contributed by atoms with Crippen molar-refractivity contribution >= 4 is 11.9 Å². The number of nitrogens with zero attached hydrogens (tertiary/aromatic N) is 4. The van der Waals surface area contributed by atoms with Gasteiger partial charge in [-0.25, -0.2) is 9.89 Å². The summed E-state index contributed by atoms with van der Waals surface area (Å²) in [5.74, 6) is -0.0472. The van der Waals surface area contributed by atoms with Crippen molar-refractivity contribution in [1.29, 1.82) is 5.26 Å². The predicted octanol–water partition coefficient (Wildman–Crippen LogP) is -2.35. The van der Waals surface area contributed by atoms with Crippen LogP contribution in [0.25, 0.3) is 0 Å². The molecule has 1 aliphatic rings. The summed E-state index contributed by atoms with van der Waals surface area (Å²) in [5, 5.41) is 8.44. The molecule has 0 aromatic heterocycles. The van der Waals surface area contributed by atoms with Gasteiger partial charge in [-0.3, -0.25) is 5.73 Å². The Morgan fingerprint density at radius 3 is 2.64 bits per heavy atom. The lowest BCUT2D eigenvalue weighted by Crippen LogP contribution is -2.49. The second kappa shape index (κ2) is 2.43. The number of nitrogens with two attached hydrogens (primary N) is 3. The van der Waals surface area contributed by atoms with E-state index in [4.69, 9.17) is 22.5 Å². The average Bonchev–Trinajstić information content (AvgIpc) is 1.85. The van der Waals surface area contributed by atoms with Gasteiger partial charge >= 0.3 is 0 Å². The van der Waals surface area contributed by atoms with Gasteiger partial charge in [-0.15, -0.1) is 0 Å². The first-order chi connectivity index (χ1) is 5.15. The molecule has 0 aromatic carbocycles. The van der Waals surface area contributed by atoms with E-state index in [1.54, 1.807) is 6.19 Å². The highest BCUT2D eigenvalue weighted by molar-refractivity contribution is 5.95. The van der Waals surface area contributed by atoms with Crippen molar-refractivity contribution in [2.75, 3.05) is 0 Å². The Morgan fingerprint density at radius 1 is 1.55 bits per heavy atom. The van der Waals surface area contributed by atoms with Crippen molar-refractivity contribution in [2.24, 2.45) is 27.2 Å². The molecule has 0 aliphatic carbocycles. The van der Waals surface area contributed by atoms with Crippen molar-refractivity contribution in [1.82, 2.24) is 4.90 Å². The van der Waals surface area contributed by atoms with Crippen LogP contribution in [-0.2, 0) is 0 Å². The Balaban J connectivity index is 2.93. The van der Waals surface area contributed by atoms with Crippen LogP contribution in [0.5, 0.6) is 0 Å². The van der Waals surface area contributed by atoms with Crippen LogP contribution in [-0.4, -0.2) is 23.1 Å². The zero-order valence-corrected chi connectivity index (χ0v) is 5.60. The lowest BCUT2D eigenvalue weighted by Gasteiger charge is -2.21. The fourth-order valence-corrected chi connectivity index (χ4v) is 0.639. The van der Waals surface area contributed by atoms with Crippen molar-refractivity contribution in [3.8, 4) is 6.19 Å². The summed E-state index contributed by atoms with van der Waals surface area (Å²) >= 11 is 0. The molecule has 0 amide bonds. The van der Waals surface area contributed by atoms with Crippen LogP contribution >= 0.6 is 0 Å². The molecule has 7 heteroatoms. The van der Waals surface area contributed by atoms with Crippen molar-refractivity contribution in [3.63, 3.8) is 0 Å². The fraction of sp³-hybridized carbons (Fsp3) is 0.250. The zero-order valence-electron chi connectivity index (χ0n) is 5.60. The van der Waals surface area contributed by atoms with E-state index >= 15 is 0 Å². The van der Waals surface area contributed by atoms with Crippen LogP contribution in [0.15, 0.2) is 9.98 Å². The van der Waals surface area contributed by atoms with Gasteiger partial charge in [-0.1, -0.05) is 0 Å².